The number of rotatable bonds is 9. The van der Waals surface area contributed by atoms with Crippen molar-refractivity contribution in [1.29, 1.82) is 0 Å². The summed E-state index contributed by atoms with van der Waals surface area (Å²) in [5.41, 5.74) is 9.39. The lowest BCUT2D eigenvalue weighted by molar-refractivity contribution is -0.274. The van der Waals surface area contributed by atoms with E-state index in [0.717, 1.165) is 18.4 Å². The summed E-state index contributed by atoms with van der Waals surface area (Å²) >= 11 is 0. The molecule has 1 heterocycles. The third-order valence-electron chi connectivity index (χ3n) is 6.30. The van der Waals surface area contributed by atoms with Crippen molar-refractivity contribution >= 4 is 21.2 Å². The molecule has 9 nitrogen and oxygen atoms in total. The number of aromatic nitrogens is 2. The maximum absolute atomic E-state index is 12.6. The average Bonchev–Trinajstić information content (AvgIpc) is 3.34. The van der Waals surface area contributed by atoms with E-state index in [-0.39, 0.29) is 23.6 Å². The minimum Gasteiger partial charge on any atom is -0.406 e. The summed E-state index contributed by atoms with van der Waals surface area (Å²) in [6.45, 7) is 1.60. The molecule has 0 spiro atoms. The van der Waals surface area contributed by atoms with Gasteiger partial charge in [0.1, 0.15) is 11.6 Å². The lowest BCUT2D eigenvalue weighted by atomic mass is 10.0. The van der Waals surface area contributed by atoms with Crippen molar-refractivity contribution in [2.75, 3.05) is 17.9 Å². The second-order valence-electron chi connectivity index (χ2n) is 9.11. The smallest absolute Gasteiger partial charge is 0.406 e. The van der Waals surface area contributed by atoms with E-state index in [1.54, 1.807) is 60.3 Å². The second kappa shape index (κ2) is 11.6. The number of aliphatic hydroxyl groups is 1. The summed E-state index contributed by atoms with van der Waals surface area (Å²) in [6, 6.07) is 15.4. The summed E-state index contributed by atoms with van der Waals surface area (Å²) in [6.07, 6.45) is 1.03. The monoisotopic (exact) mass is 587 g/mol. The van der Waals surface area contributed by atoms with Crippen LogP contribution in [0.25, 0.3) is 22.5 Å². The molecule has 1 aromatic heterocycles. The van der Waals surface area contributed by atoms with Gasteiger partial charge in [-0.05, 0) is 72.5 Å². The Morgan fingerprint density at radius 1 is 1.10 bits per heavy atom. The van der Waals surface area contributed by atoms with Crippen LogP contribution in [0.4, 0.5) is 18.9 Å². The molecule has 13 heteroatoms. The van der Waals surface area contributed by atoms with Crippen molar-refractivity contribution in [3.05, 3.63) is 96.2 Å². The van der Waals surface area contributed by atoms with Crippen LogP contribution in [0.3, 0.4) is 0 Å². The highest BCUT2D eigenvalue weighted by atomic mass is 32.2. The molecule has 0 unspecified atom stereocenters. The second-order valence-corrected chi connectivity index (χ2v) is 11.1. The van der Waals surface area contributed by atoms with Gasteiger partial charge in [0, 0.05) is 37.0 Å². The molecule has 0 amide bonds. The molecule has 4 aromatic rings. The fourth-order valence-corrected chi connectivity index (χ4v) is 5.40. The molecule has 0 radical (unpaired) electrons. The number of anilines is 1. The Morgan fingerprint density at radius 3 is 2.32 bits per heavy atom. The summed E-state index contributed by atoms with van der Waals surface area (Å²) in [4.78, 5) is 4.38. The Balaban J connectivity index is 1.83. The normalized spacial score (nSPS) is 12.4. The number of nitrogens with two attached hydrogens (primary N) is 2. The molecule has 0 aliphatic rings. The van der Waals surface area contributed by atoms with Crippen molar-refractivity contribution in [1.82, 2.24) is 9.55 Å². The van der Waals surface area contributed by atoms with Crippen molar-refractivity contribution < 1.29 is 31.4 Å². The highest BCUT2D eigenvalue weighted by molar-refractivity contribution is 7.90. The Kier molecular flexibility index (Phi) is 8.42. The first-order valence-corrected chi connectivity index (χ1v) is 14.1. The molecule has 0 saturated heterocycles. The molecule has 0 atom stereocenters. The van der Waals surface area contributed by atoms with Gasteiger partial charge in [0.25, 0.3) is 0 Å². The minimum absolute atomic E-state index is 0.105. The molecule has 0 fully saturated rings. The molecule has 0 aliphatic carbocycles. The van der Waals surface area contributed by atoms with Crippen LogP contribution >= 0.6 is 0 Å². The van der Waals surface area contributed by atoms with E-state index in [2.05, 4.69) is 9.72 Å². The fraction of sp³-hybridized carbons (Fsp3) is 0.179. The number of halogens is 3. The number of nitrogens with zero attached hydrogens (tertiary/aromatic N) is 3. The number of hydrogen-bond acceptors (Lipinski definition) is 8. The molecular weight excluding hydrogens is 559 g/mol. The zero-order valence-electron chi connectivity index (χ0n) is 22.1. The first kappa shape index (κ1) is 29.6. The van der Waals surface area contributed by atoms with Crippen LogP contribution in [0.5, 0.6) is 5.75 Å². The first-order chi connectivity index (χ1) is 19.3. The zero-order valence-corrected chi connectivity index (χ0v) is 22.9. The molecule has 41 heavy (non-hydrogen) atoms. The molecule has 4 rings (SSSR count). The van der Waals surface area contributed by atoms with Crippen LogP contribution in [0.1, 0.15) is 17.0 Å². The summed E-state index contributed by atoms with van der Waals surface area (Å²) in [7, 11) is -3.60. The largest absolute Gasteiger partial charge is 0.573 e. The molecular formula is C28H28F3N5O4S. The maximum atomic E-state index is 12.6. The van der Waals surface area contributed by atoms with Crippen LogP contribution in [0, 0.1) is 6.92 Å². The van der Waals surface area contributed by atoms with Crippen LogP contribution in [-0.2, 0) is 16.3 Å². The van der Waals surface area contributed by atoms with Crippen LogP contribution in [0.15, 0.2) is 84.2 Å². The van der Waals surface area contributed by atoms with Crippen molar-refractivity contribution in [3.8, 4) is 22.6 Å². The van der Waals surface area contributed by atoms with Crippen LogP contribution in [0.2, 0.25) is 0 Å². The maximum Gasteiger partial charge on any atom is 0.573 e. The standard InChI is InChI=1S/C28H28F3N5O4S/c1-18-34-12-13-35(18)24-10-7-21(22-4-3-20(11-14-37)27(16-22)41(2,38)39)15-25(24)36(33)26(17-32)19-5-8-23(9-6-19)40-28(29,30)31/h3-10,12-13,15-17,37H,11,14,32-33H2,1-2H3/b26-17-. The Morgan fingerprint density at radius 2 is 1.76 bits per heavy atom. The molecule has 5 N–H and O–H groups in total. The van der Waals surface area contributed by atoms with E-state index < -0.39 is 21.9 Å². The van der Waals surface area contributed by atoms with Crippen LogP contribution < -0.4 is 21.3 Å². The van der Waals surface area contributed by atoms with Crippen molar-refractivity contribution in [3.63, 3.8) is 0 Å². The number of imidazole rings is 1. The minimum atomic E-state index is -4.83. The molecule has 216 valence electrons. The van der Waals surface area contributed by atoms with Gasteiger partial charge < -0.3 is 20.1 Å². The number of hydrazine groups is 1. The van der Waals surface area contributed by atoms with Gasteiger partial charge in [-0.3, -0.25) is 5.01 Å². The van der Waals surface area contributed by atoms with E-state index in [0.29, 0.717) is 39.5 Å². The lowest BCUT2D eigenvalue weighted by Crippen LogP contribution is -2.31. The van der Waals surface area contributed by atoms with E-state index in [1.165, 1.54) is 23.3 Å². The van der Waals surface area contributed by atoms with Gasteiger partial charge in [-0.15, -0.1) is 13.2 Å². The van der Waals surface area contributed by atoms with Gasteiger partial charge in [0.2, 0.25) is 0 Å². The van der Waals surface area contributed by atoms with Gasteiger partial charge in [-0.2, -0.15) is 0 Å². The predicted octanol–water partition coefficient (Wildman–Crippen LogP) is 4.32. The highest BCUT2D eigenvalue weighted by Gasteiger charge is 2.31. The number of aliphatic hydroxyl groups excluding tert-OH is 1. The summed E-state index contributed by atoms with van der Waals surface area (Å²) < 4.78 is 68.6. The van der Waals surface area contributed by atoms with E-state index >= 15 is 0 Å². The first-order valence-electron chi connectivity index (χ1n) is 12.2. The number of benzene rings is 3. The van der Waals surface area contributed by atoms with Gasteiger partial charge >= 0.3 is 6.36 Å². The topological polar surface area (TPSA) is 137 Å². The molecule has 0 aliphatic heterocycles. The van der Waals surface area contributed by atoms with Crippen molar-refractivity contribution in [2.45, 2.75) is 24.6 Å². The average molecular weight is 588 g/mol. The fourth-order valence-electron chi connectivity index (χ4n) is 4.41. The highest BCUT2D eigenvalue weighted by Crippen LogP contribution is 2.35. The van der Waals surface area contributed by atoms with Crippen LogP contribution in [-0.4, -0.2) is 42.3 Å². The predicted molar refractivity (Wildman–Crippen MR) is 150 cm³/mol. The summed E-state index contributed by atoms with van der Waals surface area (Å²) in [5.74, 6) is 6.87. The van der Waals surface area contributed by atoms with Gasteiger partial charge in [0.15, 0.2) is 9.84 Å². The Labute approximate surface area is 235 Å². The van der Waals surface area contributed by atoms with E-state index in [4.69, 9.17) is 11.6 Å². The third kappa shape index (κ3) is 6.70. The Bertz CT molecular complexity index is 1680. The van der Waals surface area contributed by atoms with E-state index in [9.17, 15) is 26.7 Å². The number of aryl methyl sites for hydroxylation is 1. The van der Waals surface area contributed by atoms with Gasteiger partial charge in [-0.25, -0.2) is 19.2 Å². The quantitative estimate of drug-likeness (QED) is 0.195. The third-order valence-corrected chi connectivity index (χ3v) is 7.48. The van der Waals surface area contributed by atoms with E-state index in [1.807, 2.05) is 0 Å². The summed E-state index contributed by atoms with van der Waals surface area (Å²) in [5, 5.41) is 10.7. The molecule has 0 saturated carbocycles. The number of alkyl halides is 3. The number of ether oxygens (including phenoxy) is 1. The number of sulfone groups is 1. The number of hydrogen-bond donors (Lipinski definition) is 3. The Hall–Kier alpha value is -4.33. The SMILES string of the molecule is Cc1nccn1-c1ccc(-c2ccc(CCO)c(S(C)(=O)=O)c2)cc1N(N)/C(=C\N)c1ccc(OC(F)(F)F)cc1. The lowest BCUT2D eigenvalue weighted by Gasteiger charge is -2.26. The molecule has 0 bridgehead atoms. The molecule has 3 aromatic carbocycles. The van der Waals surface area contributed by atoms with Crippen molar-refractivity contribution in [2.24, 2.45) is 11.6 Å². The zero-order chi connectivity index (χ0) is 29.9. The van der Waals surface area contributed by atoms with Gasteiger partial charge in [0.05, 0.1) is 22.0 Å². The van der Waals surface area contributed by atoms with Gasteiger partial charge in [-0.1, -0.05) is 18.2 Å².